The van der Waals surface area contributed by atoms with Gasteiger partial charge in [0.1, 0.15) is 18.0 Å². The highest BCUT2D eigenvalue weighted by molar-refractivity contribution is 5.55. The Morgan fingerprint density at radius 2 is 2.15 bits per heavy atom. The molecule has 1 aromatic rings. The third kappa shape index (κ3) is 1.56. The summed E-state index contributed by atoms with van der Waals surface area (Å²) in [5, 5.41) is 3.37. The number of anilines is 2. The predicted molar refractivity (Wildman–Crippen MR) is 52.4 cm³/mol. The van der Waals surface area contributed by atoms with Gasteiger partial charge in [0.2, 0.25) is 0 Å². The Kier molecular flexibility index (Phi) is 1.65. The van der Waals surface area contributed by atoms with E-state index in [4.69, 9.17) is 5.73 Å². The summed E-state index contributed by atoms with van der Waals surface area (Å²) in [4.78, 5) is 8.08. The highest BCUT2D eigenvalue weighted by Crippen LogP contribution is 2.38. The summed E-state index contributed by atoms with van der Waals surface area (Å²) >= 11 is 0. The van der Waals surface area contributed by atoms with Gasteiger partial charge in [0, 0.05) is 11.1 Å². The number of hydrogen-bond donors (Lipinski definition) is 2. The molecular weight excluding hydrogens is 164 g/mol. The van der Waals surface area contributed by atoms with Gasteiger partial charge in [-0.15, -0.1) is 0 Å². The van der Waals surface area contributed by atoms with E-state index in [1.54, 1.807) is 0 Å². The number of hydrogen-bond acceptors (Lipinski definition) is 4. The second-order valence-corrected chi connectivity index (χ2v) is 3.92. The van der Waals surface area contributed by atoms with Gasteiger partial charge in [-0.1, -0.05) is 0 Å². The van der Waals surface area contributed by atoms with Crippen molar-refractivity contribution >= 4 is 11.6 Å². The summed E-state index contributed by atoms with van der Waals surface area (Å²) in [6.45, 7) is 4.12. The van der Waals surface area contributed by atoms with Gasteiger partial charge in [0.25, 0.3) is 0 Å². The van der Waals surface area contributed by atoms with Gasteiger partial charge in [0.15, 0.2) is 0 Å². The normalized spacial score (nSPS) is 18.3. The maximum atomic E-state index is 5.67. The van der Waals surface area contributed by atoms with E-state index in [-0.39, 0.29) is 5.54 Å². The molecule has 0 aliphatic heterocycles. The molecule has 1 heterocycles. The first-order valence-electron chi connectivity index (χ1n) is 4.46. The summed E-state index contributed by atoms with van der Waals surface area (Å²) in [6.07, 6.45) is 3.91. The fraction of sp³-hybridized carbons (Fsp3) is 0.556. The van der Waals surface area contributed by atoms with Crippen molar-refractivity contribution in [2.75, 3.05) is 11.1 Å². The van der Waals surface area contributed by atoms with E-state index >= 15 is 0 Å². The first-order chi connectivity index (χ1) is 6.11. The van der Waals surface area contributed by atoms with Crippen molar-refractivity contribution in [3.8, 4) is 0 Å². The van der Waals surface area contributed by atoms with Crippen molar-refractivity contribution in [3.05, 3.63) is 11.9 Å². The Bertz CT molecular complexity index is 330. The van der Waals surface area contributed by atoms with Crippen molar-refractivity contribution in [1.82, 2.24) is 9.97 Å². The molecule has 0 spiro atoms. The summed E-state index contributed by atoms with van der Waals surface area (Å²) in [7, 11) is 0. The predicted octanol–water partition coefficient (Wildman–Crippen LogP) is 1.33. The molecule has 0 saturated heterocycles. The third-order valence-corrected chi connectivity index (χ3v) is 2.54. The van der Waals surface area contributed by atoms with Crippen LogP contribution in [0.25, 0.3) is 0 Å². The molecule has 1 aromatic heterocycles. The molecule has 3 N–H and O–H groups in total. The minimum absolute atomic E-state index is 0.242. The average molecular weight is 178 g/mol. The molecule has 0 unspecified atom stereocenters. The number of nitrogens with one attached hydrogen (secondary N) is 1. The average Bonchev–Trinajstić information content (AvgIpc) is 2.78. The zero-order chi connectivity index (χ0) is 9.47. The molecule has 1 aliphatic carbocycles. The molecular formula is C9H14N4. The SMILES string of the molecule is Cc1c(N)ncnc1NC1(C)CC1. The smallest absolute Gasteiger partial charge is 0.134 e. The van der Waals surface area contributed by atoms with Crippen LogP contribution in [0.5, 0.6) is 0 Å². The Morgan fingerprint density at radius 1 is 1.46 bits per heavy atom. The van der Waals surface area contributed by atoms with Crippen LogP contribution in [0.15, 0.2) is 6.33 Å². The van der Waals surface area contributed by atoms with Crippen LogP contribution in [0.4, 0.5) is 11.6 Å². The second-order valence-electron chi connectivity index (χ2n) is 3.92. The van der Waals surface area contributed by atoms with Crippen molar-refractivity contribution in [1.29, 1.82) is 0 Å². The second kappa shape index (κ2) is 2.58. The van der Waals surface area contributed by atoms with Crippen LogP contribution in [0.2, 0.25) is 0 Å². The summed E-state index contributed by atoms with van der Waals surface area (Å²) in [5.74, 6) is 1.43. The Labute approximate surface area is 77.6 Å². The van der Waals surface area contributed by atoms with E-state index < -0.39 is 0 Å². The van der Waals surface area contributed by atoms with Crippen LogP contribution in [0.1, 0.15) is 25.3 Å². The lowest BCUT2D eigenvalue weighted by atomic mass is 10.2. The molecule has 70 valence electrons. The highest BCUT2D eigenvalue weighted by atomic mass is 15.1. The van der Waals surface area contributed by atoms with Crippen molar-refractivity contribution in [2.24, 2.45) is 0 Å². The molecule has 0 amide bonds. The summed E-state index contributed by atoms with van der Waals surface area (Å²) in [6, 6.07) is 0. The largest absolute Gasteiger partial charge is 0.383 e. The molecule has 1 fully saturated rings. The maximum Gasteiger partial charge on any atom is 0.134 e. The van der Waals surface area contributed by atoms with Crippen LogP contribution >= 0.6 is 0 Å². The molecule has 0 atom stereocenters. The maximum absolute atomic E-state index is 5.67. The molecule has 13 heavy (non-hydrogen) atoms. The van der Waals surface area contributed by atoms with E-state index in [1.165, 1.54) is 19.2 Å². The van der Waals surface area contributed by atoms with Crippen LogP contribution in [-0.2, 0) is 0 Å². The number of nitrogen functional groups attached to an aromatic ring is 1. The lowest BCUT2D eigenvalue weighted by Crippen LogP contribution is -2.18. The Morgan fingerprint density at radius 3 is 2.77 bits per heavy atom. The fourth-order valence-electron chi connectivity index (χ4n) is 1.19. The van der Waals surface area contributed by atoms with Gasteiger partial charge in [0.05, 0.1) is 0 Å². The van der Waals surface area contributed by atoms with Gasteiger partial charge in [-0.3, -0.25) is 0 Å². The molecule has 2 rings (SSSR count). The van der Waals surface area contributed by atoms with Gasteiger partial charge in [-0.25, -0.2) is 9.97 Å². The molecule has 4 nitrogen and oxygen atoms in total. The lowest BCUT2D eigenvalue weighted by Gasteiger charge is -2.14. The van der Waals surface area contributed by atoms with Crippen LogP contribution in [0.3, 0.4) is 0 Å². The van der Waals surface area contributed by atoms with Crippen molar-refractivity contribution in [2.45, 2.75) is 32.2 Å². The minimum atomic E-state index is 0.242. The number of aromatic nitrogens is 2. The zero-order valence-electron chi connectivity index (χ0n) is 7.96. The molecule has 0 bridgehead atoms. The minimum Gasteiger partial charge on any atom is -0.383 e. The zero-order valence-corrected chi connectivity index (χ0v) is 7.96. The van der Waals surface area contributed by atoms with E-state index in [0.717, 1.165) is 11.4 Å². The number of rotatable bonds is 2. The summed E-state index contributed by atoms with van der Waals surface area (Å²) < 4.78 is 0. The molecule has 0 aromatic carbocycles. The topological polar surface area (TPSA) is 63.8 Å². The molecule has 1 aliphatic rings. The van der Waals surface area contributed by atoms with E-state index in [0.29, 0.717) is 5.82 Å². The highest BCUT2D eigenvalue weighted by Gasteiger charge is 2.37. The van der Waals surface area contributed by atoms with Crippen LogP contribution in [0, 0.1) is 6.92 Å². The Balaban J connectivity index is 2.25. The third-order valence-electron chi connectivity index (χ3n) is 2.54. The number of nitrogens with two attached hydrogens (primary N) is 1. The first-order valence-corrected chi connectivity index (χ1v) is 4.46. The first kappa shape index (κ1) is 8.29. The van der Waals surface area contributed by atoms with E-state index in [1.807, 2.05) is 6.92 Å². The van der Waals surface area contributed by atoms with Gasteiger partial charge >= 0.3 is 0 Å². The fourth-order valence-corrected chi connectivity index (χ4v) is 1.19. The van der Waals surface area contributed by atoms with Gasteiger partial charge in [-0.2, -0.15) is 0 Å². The van der Waals surface area contributed by atoms with E-state index in [2.05, 4.69) is 22.2 Å². The number of nitrogens with zero attached hydrogens (tertiary/aromatic N) is 2. The monoisotopic (exact) mass is 178 g/mol. The Hall–Kier alpha value is -1.32. The van der Waals surface area contributed by atoms with Gasteiger partial charge < -0.3 is 11.1 Å². The van der Waals surface area contributed by atoms with Gasteiger partial charge in [-0.05, 0) is 26.7 Å². The van der Waals surface area contributed by atoms with Crippen LogP contribution < -0.4 is 11.1 Å². The molecule has 0 radical (unpaired) electrons. The lowest BCUT2D eigenvalue weighted by molar-refractivity contribution is 0.817. The van der Waals surface area contributed by atoms with Crippen molar-refractivity contribution in [3.63, 3.8) is 0 Å². The standard InChI is InChI=1S/C9H14N4/c1-6-7(10)11-5-12-8(6)13-9(2)3-4-9/h5H,3-4H2,1-2H3,(H3,10,11,12,13). The molecule has 4 heteroatoms. The quantitative estimate of drug-likeness (QED) is 0.717. The van der Waals surface area contributed by atoms with Crippen molar-refractivity contribution < 1.29 is 0 Å². The molecule has 1 saturated carbocycles. The van der Waals surface area contributed by atoms with Crippen LogP contribution in [-0.4, -0.2) is 15.5 Å². The summed E-state index contributed by atoms with van der Waals surface area (Å²) in [5.41, 5.74) is 6.85. The van der Waals surface area contributed by atoms with E-state index in [9.17, 15) is 0 Å².